The van der Waals surface area contributed by atoms with E-state index in [1.54, 1.807) is 7.11 Å². The number of nitrogens with one attached hydrogen (secondary N) is 2. The fourth-order valence-corrected chi connectivity index (χ4v) is 2.07. The summed E-state index contributed by atoms with van der Waals surface area (Å²) in [5.74, 6) is 0.166. The Morgan fingerprint density at radius 2 is 2.40 bits per heavy atom. The molecule has 0 aliphatic carbocycles. The molecule has 1 fully saturated rings. The minimum atomic E-state index is -0.192. The molecule has 1 amide bonds. The van der Waals surface area contributed by atoms with Crippen LogP contribution in [0.1, 0.15) is 26.7 Å². The highest BCUT2D eigenvalue weighted by Gasteiger charge is 2.39. The van der Waals surface area contributed by atoms with Gasteiger partial charge >= 0.3 is 0 Å². The average Bonchev–Trinajstić information content (AvgIpc) is 2.67. The van der Waals surface area contributed by atoms with Gasteiger partial charge in [-0.2, -0.15) is 0 Å². The third kappa shape index (κ3) is 2.92. The molecular weight excluding hydrogens is 192 g/mol. The van der Waals surface area contributed by atoms with Crippen LogP contribution in [-0.2, 0) is 9.53 Å². The fraction of sp³-hybridized carbons (Fsp3) is 0.909. The van der Waals surface area contributed by atoms with Gasteiger partial charge in [0.05, 0.1) is 12.0 Å². The molecule has 4 nitrogen and oxygen atoms in total. The molecule has 1 saturated heterocycles. The number of rotatable bonds is 5. The maximum Gasteiger partial charge on any atom is 0.227 e. The number of carbonyl (C=O) groups excluding carboxylic acids is 1. The molecule has 0 bridgehead atoms. The lowest BCUT2D eigenvalue weighted by atomic mass is 9.83. The first-order valence-corrected chi connectivity index (χ1v) is 5.65. The summed E-state index contributed by atoms with van der Waals surface area (Å²) >= 11 is 0. The van der Waals surface area contributed by atoms with Crippen molar-refractivity contribution in [3.63, 3.8) is 0 Å². The number of hydrogen-bond acceptors (Lipinski definition) is 3. The number of hydrogen-bond donors (Lipinski definition) is 2. The number of methoxy groups -OCH3 is 1. The van der Waals surface area contributed by atoms with Gasteiger partial charge in [-0.15, -0.1) is 0 Å². The van der Waals surface area contributed by atoms with Crippen molar-refractivity contribution in [2.24, 2.45) is 5.41 Å². The number of amides is 1. The van der Waals surface area contributed by atoms with Crippen molar-refractivity contribution >= 4 is 5.91 Å². The van der Waals surface area contributed by atoms with E-state index < -0.39 is 0 Å². The normalized spacial score (nSPS) is 27.7. The van der Waals surface area contributed by atoms with Gasteiger partial charge < -0.3 is 15.4 Å². The van der Waals surface area contributed by atoms with E-state index in [0.29, 0.717) is 6.61 Å². The number of carbonyl (C=O) groups is 1. The van der Waals surface area contributed by atoms with Crippen LogP contribution < -0.4 is 10.6 Å². The zero-order valence-electron chi connectivity index (χ0n) is 9.93. The first kappa shape index (κ1) is 12.5. The highest BCUT2D eigenvalue weighted by Crippen LogP contribution is 2.29. The van der Waals surface area contributed by atoms with Crippen molar-refractivity contribution in [2.45, 2.75) is 32.7 Å². The van der Waals surface area contributed by atoms with Crippen LogP contribution in [0.2, 0.25) is 0 Å². The Bertz CT molecular complexity index is 213. The molecule has 0 aromatic carbocycles. The standard InChI is InChI=1S/C11H22N2O2/c1-4-11(5-6-12-8-11)10(14)13-9(2)7-15-3/h9,12H,4-8H2,1-3H3,(H,13,14). The average molecular weight is 214 g/mol. The third-order valence-electron chi connectivity index (χ3n) is 3.20. The predicted octanol–water partition coefficient (Wildman–Crippen LogP) is 0.527. The van der Waals surface area contributed by atoms with Gasteiger partial charge in [0.2, 0.25) is 5.91 Å². The Kier molecular flexibility index (Phi) is 4.54. The van der Waals surface area contributed by atoms with Crippen LogP contribution in [0.25, 0.3) is 0 Å². The molecular formula is C11H22N2O2. The second-order valence-corrected chi connectivity index (χ2v) is 4.39. The zero-order valence-corrected chi connectivity index (χ0v) is 9.93. The Labute approximate surface area is 91.8 Å². The lowest BCUT2D eigenvalue weighted by Crippen LogP contribution is -2.46. The summed E-state index contributed by atoms with van der Waals surface area (Å²) in [4.78, 5) is 12.1. The van der Waals surface area contributed by atoms with Gasteiger partial charge in [0.25, 0.3) is 0 Å². The molecule has 2 atom stereocenters. The first-order valence-electron chi connectivity index (χ1n) is 5.65. The van der Waals surface area contributed by atoms with Gasteiger partial charge in [-0.1, -0.05) is 6.92 Å². The quantitative estimate of drug-likeness (QED) is 0.702. The van der Waals surface area contributed by atoms with Gasteiger partial charge in [-0.3, -0.25) is 4.79 Å². The summed E-state index contributed by atoms with van der Waals surface area (Å²) in [6, 6.07) is 0.0894. The molecule has 1 rings (SSSR count). The molecule has 1 heterocycles. The summed E-state index contributed by atoms with van der Waals surface area (Å²) in [7, 11) is 1.65. The van der Waals surface area contributed by atoms with E-state index >= 15 is 0 Å². The van der Waals surface area contributed by atoms with Gasteiger partial charge in [-0.25, -0.2) is 0 Å². The second-order valence-electron chi connectivity index (χ2n) is 4.39. The Balaban J connectivity index is 2.50. The van der Waals surface area contributed by atoms with Crippen LogP contribution in [0.3, 0.4) is 0 Å². The molecule has 0 radical (unpaired) electrons. The van der Waals surface area contributed by atoms with E-state index in [1.807, 2.05) is 6.92 Å². The maximum atomic E-state index is 12.1. The van der Waals surface area contributed by atoms with Crippen molar-refractivity contribution in [3.05, 3.63) is 0 Å². The third-order valence-corrected chi connectivity index (χ3v) is 3.20. The molecule has 2 unspecified atom stereocenters. The molecule has 4 heteroatoms. The Hall–Kier alpha value is -0.610. The molecule has 0 spiro atoms. The predicted molar refractivity (Wildman–Crippen MR) is 59.7 cm³/mol. The van der Waals surface area contributed by atoms with E-state index in [4.69, 9.17) is 4.74 Å². The Morgan fingerprint density at radius 3 is 2.87 bits per heavy atom. The van der Waals surface area contributed by atoms with Crippen molar-refractivity contribution in [3.8, 4) is 0 Å². The van der Waals surface area contributed by atoms with Gasteiger partial charge in [0.15, 0.2) is 0 Å². The molecule has 0 aromatic heterocycles. The van der Waals surface area contributed by atoms with Crippen molar-refractivity contribution < 1.29 is 9.53 Å². The topological polar surface area (TPSA) is 50.4 Å². The molecule has 2 N–H and O–H groups in total. The molecule has 15 heavy (non-hydrogen) atoms. The number of ether oxygens (including phenoxy) is 1. The van der Waals surface area contributed by atoms with Gasteiger partial charge in [0, 0.05) is 19.7 Å². The van der Waals surface area contributed by atoms with Crippen LogP contribution in [0.4, 0.5) is 0 Å². The summed E-state index contributed by atoms with van der Waals surface area (Å²) in [6.07, 6.45) is 1.83. The van der Waals surface area contributed by atoms with E-state index in [0.717, 1.165) is 25.9 Å². The van der Waals surface area contributed by atoms with Crippen molar-refractivity contribution in [1.82, 2.24) is 10.6 Å². The highest BCUT2D eigenvalue weighted by molar-refractivity contribution is 5.83. The lowest BCUT2D eigenvalue weighted by Gasteiger charge is -2.27. The van der Waals surface area contributed by atoms with Crippen LogP contribution in [0.5, 0.6) is 0 Å². The minimum Gasteiger partial charge on any atom is -0.383 e. The second kappa shape index (κ2) is 5.47. The summed E-state index contributed by atoms with van der Waals surface area (Å²) < 4.78 is 5.00. The van der Waals surface area contributed by atoms with Gasteiger partial charge in [-0.05, 0) is 26.3 Å². The van der Waals surface area contributed by atoms with E-state index in [9.17, 15) is 4.79 Å². The molecule has 1 aliphatic heterocycles. The molecule has 1 aliphatic rings. The Morgan fingerprint density at radius 1 is 1.67 bits per heavy atom. The van der Waals surface area contributed by atoms with Crippen LogP contribution >= 0.6 is 0 Å². The van der Waals surface area contributed by atoms with Crippen molar-refractivity contribution in [2.75, 3.05) is 26.8 Å². The monoisotopic (exact) mass is 214 g/mol. The van der Waals surface area contributed by atoms with E-state index in [-0.39, 0.29) is 17.4 Å². The van der Waals surface area contributed by atoms with Crippen molar-refractivity contribution in [1.29, 1.82) is 0 Å². The van der Waals surface area contributed by atoms with Crippen LogP contribution in [0.15, 0.2) is 0 Å². The van der Waals surface area contributed by atoms with Gasteiger partial charge in [0.1, 0.15) is 0 Å². The summed E-state index contributed by atoms with van der Waals surface area (Å²) in [5, 5.41) is 6.27. The molecule has 0 aromatic rings. The van der Waals surface area contributed by atoms with Crippen LogP contribution in [-0.4, -0.2) is 38.8 Å². The summed E-state index contributed by atoms with van der Waals surface area (Å²) in [6.45, 7) is 6.36. The first-order chi connectivity index (χ1) is 7.14. The lowest BCUT2D eigenvalue weighted by molar-refractivity contribution is -0.131. The van der Waals surface area contributed by atoms with E-state index in [1.165, 1.54) is 0 Å². The maximum absolute atomic E-state index is 12.1. The molecule has 88 valence electrons. The van der Waals surface area contributed by atoms with E-state index in [2.05, 4.69) is 17.6 Å². The fourth-order valence-electron chi connectivity index (χ4n) is 2.07. The largest absolute Gasteiger partial charge is 0.383 e. The minimum absolute atomic E-state index is 0.0894. The summed E-state index contributed by atoms with van der Waals surface area (Å²) in [5.41, 5.74) is -0.192. The van der Waals surface area contributed by atoms with Crippen LogP contribution in [0, 0.1) is 5.41 Å². The highest BCUT2D eigenvalue weighted by atomic mass is 16.5. The smallest absolute Gasteiger partial charge is 0.227 e. The zero-order chi connectivity index (χ0) is 11.3. The SMILES string of the molecule is CCC1(C(=O)NC(C)COC)CCNC1. The molecule has 0 saturated carbocycles.